The first-order valence-corrected chi connectivity index (χ1v) is 9.36. The number of nitrogens with one attached hydrogen (secondary N) is 1. The van der Waals surface area contributed by atoms with Crippen LogP contribution in [0, 0.1) is 12.8 Å². The van der Waals surface area contributed by atoms with Crippen molar-refractivity contribution in [2.45, 2.75) is 13.3 Å². The third kappa shape index (κ3) is 4.43. The van der Waals surface area contributed by atoms with E-state index in [1.807, 2.05) is 55.5 Å². The lowest BCUT2D eigenvalue weighted by Gasteiger charge is -2.18. The van der Waals surface area contributed by atoms with Crippen molar-refractivity contribution < 1.29 is 14.3 Å². The van der Waals surface area contributed by atoms with Gasteiger partial charge in [0.05, 0.1) is 18.2 Å². The molecule has 1 heterocycles. The smallest absolute Gasteiger partial charge is 0.227 e. The first-order valence-electron chi connectivity index (χ1n) is 8.56. The number of halogens is 1. The van der Waals surface area contributed by atoms with Crippen molar-refractivity contribution in [3.8, 4) is 5.75 Å². The highest BCUT2D eigenvalue weighted by molar-refractivity contribution is 9.10. The molecule has 1 aliphatic rings. The number of amides is 2. The molecule has 0 saturated carbocycles. The highest BCUT2D eigenvalue weighted by atomic mass is 79.9. The number of aryl methyl sites for hydroxylation is 1. The number of ether oxygens (including phenoxy) is 1. The summed E-state index contributed by atoms with van der Waals surface area (Å²) < 4.78 is 6.48. The minimum Gasteiger partial charge on any atom is -0.492 e. The van der Waals surface area contributed by atoms with Crippen LogP contribution in [0.15, 0.2) is 53.0 Å². The van der Waals surface area contributed by atoms with Gasteiger partial charge in [-0.25, -0.2) is 0 Å². The second-order valence-corrected chi connectivity index (χ2v) is 7.17. The third-order valence-corrected chi connectivity index (χ3v) is 4.97. The second kappa shape index (κ2) is 8.36. The van der Waals surface area contributed by atoms with Gasteiger partial charge < -0.3 is 15.0 Å². The number of rotatable bonds is 6. The van der Waals surface area contributed by atoms with Crippen molar-refractivity contribution in [3.05, 3.63) is 58.6 Å². The molecule has 136 valence electrons. The standard InChI is InChI=1S/C20H21BrN2O3/c1-14-5-4-6-16(11-14)26-10-9-22-20(25)15-12-19(24)23(13-15)18-8-3-2-7-17(18)21/h2-8,11,15H,9-10,12-13H2,1H3,(H,22,25). The SMILES string of the molecule is Cc1cccc(OCCNC(=O)C2CC(=O)N(c3ccccc3Br)C2)c1. The summed E-state index contributed by atoms with van der Waals surface area (Å²) in [4.78, 5) is 26.3. The topological polar surface area (TPSA) is 58.6 Å². The van der Waals surface area contributed by atoms with E-state index in [1.54, 1.807) is 4.90 Å². The van der Waals surface area contributed by atoms with Crippen LogP contribution in [0.2, 0.25) is 0 Å². The van der Waals surface area contributed by atoms with E-state index in [0.717, 1.165) is 21.5 Å². The lowest BCUT2D eigenvalue weighted by Crippen LogP contribution is -2.35. The van der Waals surface area contributed by atoms with Crippen molar-refractivity contribution in [2.75, 3.05) is 24.6 Å². The van der Waals surface area contributed by atoms with Crippen LogP contribution in [0.4, 0.5) is 5.69 Å². The number of para-hydroxylation sites is 1. The van der Waals surface area contributed by atoms with Gasteiger partial charge in [0.2, 0.25) is 11.8 Å². The second-order valence-electron chi connectivity index (χ2n) is 6.31. The quantitative estimate of drug-likeness (QED) is 0.734. The zero-order valence-electron chi connectivity index (χ0n) is 14.6. The first-order chi connectivity index (χ1) is 12.5. The van der Waals surface area contributed by atoms with E-state index in [-0.39, 0.29) is 24.2 Å². The molecule has 1 N–H and O–H groups in total. The fourth-order valence-electron chi connectivity index (χ4n) is 2.98. The van der Waals surface area contributed by atoms with Crippen LogP contribution < -0.4 is 15.0 Å². The Hall–Kier alpha value is -2.34. The van der Waals surface area contributed by atoms with Crippen molar-refractivity contribution >= 4 is 33.4 Å². The first kappa shape index (κ1) is 18.5. The highest BCUT2D eigenvalue weighted by Crippen LogP contribution is 2.31. The molecule has 2 amide bonds. The minimum atomic E-state index is -0.339. The largest absolute Gasteiger partial charge is 0.492 e. The summed E-state index contributed by atoms with van der Waals surface area (Å²) in [5, 5.41) is 2.86. The van der Waals surface area contributed by atoms with Crippen LogP contribution in [-0.4, -0.2) is 31.5 Å². The summed E-state index contributed by atoms with van der Waals surface area (Å²) in [6, 6.07) is 15.3. The number of carbonyl (C=O) groups is 2. The van der Waals surface area contributed by atoms with E-state index in [1.165, 1.54) is 0 Å². The Morgan fingerprint density at radius 3 is 2.85 bits per heavy atom. The molecule has 1 saturated heterocycles. The van der Waals surface area contributed by atoms with E-state index in [4.69, 9.17) is 4.74 Å². The van der Waals surface area contributed by atoms with Crippen LogP contribution >= 0.6 is 15.9 Å². The zero-order valence-corrected chi connectivity index (χ0v) is 16.2. The van der Waals surface area contributed by atoms with E-state index in [9.17, 15) is 9.59 Å². The molecule has 0 aromatic heterocycles. The summed E-state index contributed by atoms with van der Waals surface area (Å²) in [6.07, 6.45) is 0.228. The van der Waals surface area contributed by atoms with Gasteiger partial charge in [0.25, 0.3) is 0 Å². The lowest BCUT2D eigenvalue weighted by atomic mass is 10.1. The molecule has 5 nitrogen and oxygen atoms in total. The van der Waals surface area contributed by atoms with Gasteiger partial charge in [-0.05, 0) is 52.7 Å². The summed E-state index contributed by atoms with van der Waals surface area (Å²) in [5.74, 6) is 0.303. The van der Waals surface area contributed by atoms with Gasteiger partial charge >= 0.3 is 0 Å². The maximum Gasteiger partial charge on any atom is 0.227 e. The molecule has 1 atom stereocenters. The summed E-state index contributed by atoms with van der Waals surface area (Å²) in [7, 11) is 0. The number of hydrogen-bond acceptors (Lipinski definition) is 3. The zero-order chi connectivity index (χ0) is 18.5. The number of hydrogen-bond donors (Lipinski definition) is 1. The maximum absolute atomic E-state index is 12.4. The van der Waals surface area contributed by atoms with Crippen molar-refractivity contribution in [1.29, 1.82) is 0 Å². The van der Waals surface area contributed by atoms with Gasteiger partial charge in [0.1, 0.15) is 12.4 Å². The number of nitrogens with zero attached hydrogens (tertiary/aromatic N) is 1. The molecular weight excluding hydrogens is 396 g/mol. The van der Waals surface area contributed by atoms with Crippen LogP contribution in [0.25, 0.3) is 0 Å². The summed E-state index contributed by atoms with van der Waals surface area (Å²) in [6.45, 7) is 3.20. The van der Waals surface area contributed by atoms with Crippen molar-refractivity contribution in [2.24, 2.45) is 5.92 Å². The average molecular weight is 417 g/mol. The molecule has 3 rings (SSSR count). The summed E-state index contributed by atoms with van der Waals surface area (Å²) in [5.41, 5.74) is 1.93. The monoisotopic (exact) mass is 416 g/mol. The highest BCUT2D eigenvalue weighted by Gasteiger charge is 2.35. The molecule has 0 radical (unpaired) electrons. The number of benzene rings is 2. The van der Waals surface area contributed by atoms with Gasteiger partial charge in [-0.2, -0.15) is 0 Å². The lowest BCUT2D eigenvalue weighted by molar-refractivity contribution is -0.126. The van der Waals surface area contributed by atoms with Gasteiger partial charge in [0.15, 0.2) is 0 Å². The third-order valence-electron chi connectivity index (χ3n) is 4.30. The predicted molar refractivity (Wildman–Crippen MR) is 104 cm³/mol. The van der Waals surface area contributed by atoms with E-state index >= 15 is 0 Å². The predicted octanol–water partition coefficient (Wildman–Crippen LogP) is 3.31. The molecule has 2 aromatic rings. The molecule has 0 bridgehead atoms. The minimum absolute atomic E-state index is 0.0342. The van der Waals surface area contributed by atoms with Crippen molar-refractivity contribution in [1.82, 2.24) is 5.32 Å². The molecule has 0 aliphatic carbocycles. The van der Waals surface area contributed by atoms with Gasteiger partial charge in [0, 0.05) is 17.4 Å². The van der Waals surface area contributed by atoms with Gasteiger partial charge in [-0.1, -0.05) is 24.3 Å². The van der Waals surface area contributed by atoms with E-state index < -0.39 is 0 Å². The Morgan fingerprint density at radius 2 is 2.08 bits per heavy atom. The van der Waals surface area contributed by atoms with Crippen molar-refractivity contribution in [3.63, 3.8) is 0 Å². The van der Waals surface area contributed by atoms with E-state index in [0.29, 0.717) is 19.7 Å². The maximum atomic E-state index is 12.4. The molecule has 1 aliphatic heterocycles. The Bertz CT molecular complexity index is 809. The number of carbonyl (C=O) groups excluding carboxylic acids is 2. The molecule has 6 heteroatoms. The van der Waals surface area contributed by atoms with Crippen LogP contribution in [0.1, 0.15) is 12.0 Å². The fraction of sp³-hybridized carbons (Fsp3) is 0.300. The van der Waals surface area contributed by atoms with Gasteiger partial charge in [-0.15, -0.1) is 0 Å². The van der Waals surface area contributed by atoms with Crippen LogP contribution in [-0.2, 0) is 9.59 Å². The Balaban J connectivity index is 1.48. The number of anilines is 1. The molecule has 0 spiro atoms. The molecular formula is C20H21BrN2O3. The Kier molecular flexibility index (Phi) is 5.93. The van der Waals surface area contributed by atoms with Crippen LogP contribution in [0.5, 0.6) is 5.75 Å². The Morgan fingerprint density at radius 1 is 1.27 bits per heavy atom. The molecule has 2 aromatic carbocycles. The average Bonchev–Trinajstić information content (AvgIpc) is 3.01. The Labute approximate surface area is 161 Å². The van der Waals surface area contributed by atoms with Crippen LogP contribution in [0.3, 0.4) is 0 Å². The summed E-state index contributed by atoms with van der Waals surface area (Å²) >= 11 is 3.46. The fourth-order valence-corrected chi connectivity index (χ4v) is 3.48. The molecule has 1 fully saturated rings. The molecule has 1 unspecified atom stereocenters. The molecule has 26 heavy (non-hydrogen) atoms. The van der Waals surface area contributed by atoms with Gasteiger partial charge in [-0.3, -0.25) is 9.59 Å². The van der Waals surface area contributed by atoms with E-state index in [2.05, 4.69) is 21.2 Å². The normalized spacial score (nSPS) is 16.6.